The second kappa shape index (κ2) is 5.49. The minimum Gasteiger partial charge on any atom is -0.598 e. The van der Waals surface area contributed by atoms with Crippen LogP contribution in [0.3, 0.4) is 0 Å². The van der Waals surface area contributed by atoms with Crippen LogP contribution < -0.4 is 5.14 Å². The van der Waals surface area contributed by atoms with Crippen molar-refractivity contribution in [2.75, 3.05) is 0 Å². The largest absolute Gasteiger partial charge is 0.598 e. The van der Waals surface area contributed by atoms with Gasteiger partial charge in [-0.25, -0.2) is 4.98 Å². The molecule has 0 spiro atoms. The van der Waals surface area contributed by atoms with E-state index in [1.165, 1.54) is 0 Å². The molecule has 0 saturated heterocycles. The fraction of sp³-hybridized carbons (Fsp3) is 0.545. The third-order valence-corrected chi connectivity index (χ3v) is 4.28. The maximum atomic E-state index is 11.4. The molecule has 0 saturated carbocycles. The predicted octanol–water partition coefficient (Wildman–Crippen LogP) is 2.74. The van der Waals surface area contributed by atoms with Crippen LogP contribution in [0.2, 0.25) is 0 Å². The molecule has 0 aliphatic carbocycles. The predicted molar refractivity (Wildman–Crippen MR) is 71.4 cm³/mol. The molecule has 2 N–H and O–H groups in total. The van der Waals surface area contributed by atoms with Crippen LogP contribution in [0.4, 0.5) is 0 Å². The van der Waals surface area contributed by atoms with E-state index < -0.39 is 11.4 Å². The Morgan fingerprint density at radius 2 is 2.19 bits per heavy atom. The molecule has 0 fully saturated rings. The van der Waals surface area contributed by atoms with Gasteiger partial charge in [0.2, 0.25) is 0 Å². The summed E-state index contributed by atoms with van der Waals surface area (Å²) in [4.78, 5) is 4.39. The van der Waals surface area contributed by atoms with Crippen LogP contribution in [0, 0.1) is 0 Å². The SMILES string of the molecule is C[C@@H](CC(C)(C)[S+](N)[O-])c1cccc(Br)n1. The van der Waals surface area contributed by atoms with Gasteiger partial charge in [0.25, 0.3) is 0 Å². The molecule has 0 aliphatic rings. The summed E-state index contributed by atoms with van der Waals surface area (Å²) in [5.74, 6) is 0.236. The molecule has 0 radical (unpaired) electrons. The van der Waals surface area contributed by atoms with E-state index in [-0.39, 0.29) is 10.7 Å². The second-order valence-corrected chi connectivity index (χ2v) is 7.06. The highest BCUT2D eigenvalue weighted by Gasteiger charge is 2.32. The number of rotatable bonds is 4. The summed E-state index contributed by atoms with van der Waals surface area (Å²) in [6.45, 7) is 5.90. The van der Waals surface area contributed by atoms with Gasteiger partial charge in [-0.15, -0.1) is 0 Å². The lowest BCUT2D eigenvalue weighted by atomic mass is 9.95. The lowest BCUT2D eigenvalue weighted by molar-refractivity contribution is 0.496. The summed E-state index contributed by atoms with van der Waals surface area (Å²) < 4.78 is 11.8. The molecule has 1 aromatic rings. The Labute approximate surface area is 108 Å². The van der Waals surface area contributed by atoms with Crippen molar-refractivity contribution in [1.82, 2.24) is 4.98 Å². The first-order valence-electron chi connectivity index (χ1n) is 5.11. The van der Waals surface area contributed by atoms with Gasteiger partial charge >= 0.3 is 0 Å². The topological polar surface area (TPSA) is 62.0 Å². The van der Waals surface area contributed by atoms with Crippen molar-refractivity contribution in [1.29, 1.82) is 0 Å². The Bertz CT molecular complexity index is 358. The van der Waals surface area contributed by atoms with Crippen molar-refractivity contribution < 1.29 is 4.55 Å². The first-order chi connectivity index (χ1) is 7.33. The normalized spacial score (nSPS) is 15.9. The summed E-state index contributed by atoms with van der Waals surface area (Å²) in [6, 6.07) is 5.82. The van der Waals surface area contributed by atoms with Gasteiger partial charge in [-0.3, -0.25) is 0 Å². The summed E-state index contributed by atoms with van der Waals surface area (Å²) >= 11 is 2.03. The smallest absolute Gasteiger partial charge is 0.140 e. The molecule has 1 unspecified atom stereocenters. The summed E-state index contributed by atoms with van der Waals surface area (Å²) in [5.41, 5.74) is 0.993. The quantitative estimate of drug-likeness (QED) is 0.687. The van der Waals surface area contributed by atoms with Crippen LogP contribution >= 0.6 is 15.9 Å². The van der Waals surface area contributed by atoms with Crippen molar-refractivity contribution in [2.45, 2.75) is 37.9 Å². The molecule has 0 amide bonds. The number of nitrogens with two attached hydrogens (primary N) is 1. The number of hydrogen-bond donors (Lipinski definition) is 1. The van der Waals surface area contributed by atoms with Gasteiger partial charge in [0.05, 0.1) is 0 Å². The number of nitrogens with zero attached hydrogens (tertiary/aromatic N) is 1. The lowest BCUT2D eigenvalue weighted by Gasteiger charge is -2.27. The fourth-order valence-corrected chi connectivity index (χ4v) is 2.39. The molecule has 2 atom stereocenters. The number of pyridine rings is 1. The third-order valence-electron chi connectivity index (χ3n) is 2.58. The lowest BCUT2D eigenvalue weighted by Crippen LogP contribution is -2.38. The molecule has 0 bridgehead atoms. The van der Waals surface area contributed by atoms with Crippen LogP contribution in [0.15, 0.2) is 22.8 Å². The molecule has 1 aromatic heterocycles. The van der Waals surface area contributed by atoms with Crippen LogP contribution in [-0.4, -0.2) is 14.3 Å². The van der Waals surface area contributed by atoms with Gasteiger partial charge in [0.15, 0.2) is 0 Å². The molecule has 0 aromatic carbocycles. The molecule has 90 valence electrons. The minimum atomic E-state index is -1.32. The highest BCUT2D eigenvalue weighted by Crippen LogP contribution is 2.29. The van der Waals surface area contributed by atoms with E-state index in [2.05, 4.69) is 27.8 Å². The minimum absolute atomic E-state index is 0.236. The van der Waals surface area contributed by atoms with Crippen LogP contribution in [-0.2, 0) is 11.4 Å². The second-order valence-electron chi connectivity index (χ2n) is 4.55. The summed E-state index contributed by atoms with van der Waals surface area (Å²) in [7, 11) is 0. The first kappa shape index (κ1) is 14.0. The highest BCUT2D eigenvalue weighted by atomic mass is 79.9. The maximum absolute atomic E-state index is 11.4. The van der Waals surface area contributed by atoms with Gasteiger partial charge in [-0.1, -0.05) is 13.0 Å². The van der Waals surface area contributed by atoms with Gasteiger partial charge in [-0.2, -0.15) is 5.14 Å². The van der Waals surface area contributed by atoms with Gasteiger partial charge in [0.1, 0.15) is 9.35 Å². The number of hydrogen-bond acceptors (Lipinski definition) is 3. The number of aromatic nitrogens is 1. The van der Waals surface area contributed by atoms with Gasteiger partial charge in [0, 0.05) is 29.4 Å². The standard InChI is InChI=1S/C11H17BrN2OS/c1-8(7-11(2,3)16(13)15)9-5-4-6-10(12)14-9/h4-6,8H,7,13H2,1-3H3/t8-,16?/m0/s1. The molecule has 0 aliphatic heterocycles. The van der Waals surface area contributed by atoms with E-state index in [1.54, 1.807) is 0 Å². The third kappa shape index (κ3) is 3.73. The zero-order valence-electron chi connectivity index (χ0n) is 9.74. The molecule has 3 nitrogen and oxygen atoms in total. The van der Waals surface area contributed by atoms with E-state index in [0.717, 1.165) is 16.7 Å². The molecule has 16 heavy (non-hydrogen) atoms. The van der Waals surface area contributed by atoms with E-state index in [1.807, 2.05) is 32.0 Å². The maximum Gasteiger partial charge on any atom is 0.140 e. The monoisotopic (exact) mass is 304 g/mol. The van der Waals surface area contributed by atoms with Crippen LogP contribution in [0.1, 0.15) is 38.8 Å². The number of halogens is 1. The van der Waals surface area contributed by atoms with E-state index in [4.69, 9.17) is 5.14 Å². The Kier molecular flexibility index (Phi) is 4.79. The Morgan fingerprint density at radius 3 is 2.69 bits per heavy atom. The van der Waals surface area contributed by atoms with Crippen molar-refractivity contribution in [3.63, 3.8) is 0 Å². The Morgan fingerprint density at radius 1 is 1.56 bits per heavy atom. The molecule has 1 rings (SSSR count). The van der Waals surface area contributed by atoms with E-state index in [9.17, 15) is 4.55 Å². The van der Waals surface area contributed by atoms with Gasteiger partial charge in [-0.05, 0) is 41.9 Å². The van der Waals surface area contributed by atoms with Crippen molar-refractivity contribution >= 4 is 27.3 Å². The molecular formula is C11H17BrN2OS. The molecule has 5 heteroatoms. The molecular weight excluding hydrogens is 288 g/mol. The Balaban J connectivity index is 2.76. The average molecular weight is 305 g/mol. The van der Waals surface area contributed by atoms with E-state index >= 15 is 0 Å². The van der Waals surface area contributed by atoms with Crippen molar-refractivity contribution in [3.8, 4) is 0 Å². The summed E-state index contributed by atoms with van der Waals surface area (Å²) in [5, 5.41) is 5.47. The summed E-state index contributed by atoms with van der Waals surface area (Å²) in [6.07, 6.45) is 0.750. The zero-order chi connectivity index (χ0) is 12.3. The van der Waals surface area contributed by atoms with Crippen molar-refractivity contribution in [2.24, 2.45) is 5.14 Å². The Hall–Kier alpha value is -0.100. The zero-order valence-corrected chi connectivity index (χ0v) is 12.1. The van der Waals surface area contributed by atoms with E-state index in [0.29, 0.717) is 0 Å². The molecule has 1 heterocycles. The van der Waals surface area contributed by atoms with Gasteiger partial charge < -0.3 is 4.55 Å². The fourth-order valence-electron chi connectivity index (χ4n) is 1.62. The highest BCUT2D eigenvalue weighted by molar-refractivity contribution is 9.10. The first-order valence-corrected chi connectivity index (χ1v) is 7.12. The average Bonchev–Trinajstić information content (AvgIpc) is 2.16. The van der Waals surface area contributed by atoms with Crippen LogP contribution in [0.25, 0.3) is 0 Å². The van der Waals surface area contributed by atoms with Crippen LogP contribution in [0.5, 0.6) is 0 Å². The van der Waals surface area contributed by atoms with Crippen molar-refractivity contribution in [3.05, 3.63) is 28.5 Å².